The molecule has 0 bridgehead atoms. The summed E-state index contributed by atoms with van der Waals surface area (Å²) in [6.45, 7) is 9.71. The Labute approximate surface area is 162 Å². The minimum atomic E-state index is -0.0872. The Morgan fingerprint density at radius 2 is 1.74 bits per heavy atom. The Hall–Kier alpha value is -2.53. The van der Waals surface area contributed by atoms with Gasteiger partial charge in [-0.3, -0.25) is 4.79 Å². The number of ether oxygens (including phenoxy) is 2. The number of hydrogen-bond acceptors (Lipinski definition) is 4. The third-order valence-electron chi connectivity index (χ3n) is 3.61. The summed E-state index contributed by atoms with van der Waals surface area (Å²) in [5.74, 6) is 1.98. The molecule has 0 aliphatic heterocycles. The average Bonchev–Trinajstić information content (AvgIpc) is 2.61. The summed E-state index contributed by atoms with van der Waals surface area (Å²) in [5, 5.41) is 6.04. The summed E-state index contributed by atoms with van der Waals surface area (Å²) in [6.07, 6.45) is 0.159. The molecule has 0 spiro atoms. The van der Waals surface area contributed by atoms with E-state index in [0.717, 1.165) is 22.7 Å². The second-order valence-electron chi connectivity index (χ2n) is 7.19. The normalized spacial score (nSPS) is 10.9. The summed E-state index contributed by atoms with van der Waals surface area (Å²) >= 11 is 0. The molecule has 27 heavy (non-hydrogen) atoms. The van der Waals surface area contributed by atoms with Gasteiger partial charge in [-0.1, -0.05) is 32.0 Å². The van der Waals surface area contributed by atoms with Gasteiger partial charge in [-0.2, -0.15) is 0 Å². The molecular weight excluding hydrogens is 340 g/mol. The molecule has 2 N–H and O–H groups in total. The van der Waals surface area contributed by atoms with Gasteiger partial charge in [-0.25, -0.2) is 0 Å². The fourth-order valence-corrected chi connectivity index (χ4v) is 2.41. The number of hydrogen-bond donors (Lipinski definition) is 2. The van der Waals surface area contributed by atoms with Crippen molar-refractivity contribution in [2.45, 2.75) is 40.3 Å². The molecular formula is C22H30N2O3. The van der Waals surface area contributed by atoms with Crippen molar-refractivity contribution < 1.29 is 14.3 Å². The van der Waals surface area contributed by atoms with Gasteiger partial charge in [0.2, 0.25) is 5.91 Å². The number of nitrogens with one attached hydrogen (secondary N) is 2. The zero-order valence-electron chi connectivity index (χ0n) is 16.6. The molecule has 2 rings (SSSR count). The van der Waals surface area contributed by atoms with Crippen molar-refractivity contribution in [3.05, 3.63) is 54.1 Å². The second kappa shape index (κ2) is 10.6. The third-order valence-corrected chi connectivity index (χ3v) is 3.61. The SMILES string of the molecule is CC(C)COc1cccc(NC(=O)CNCc2ccc(OC(C)C)cc2)c1. The van der Waals surface area contributed by atoms with E-state index in [1.807, 2.05) is 62.4 Å². The molecule has 0 aromatic heterocycles. The van der Waals surface area contributed by atoms with Gasteiger partial charge in [0.1, 0.15) is 11.5 Å². The van der Waals surface area contributed by atoms with Gasteiger partial charge in [0.05, 0.1) is 19.3 Å². The molecule has 2 aromatic carbocycles. The van der Waals surface area contributed by atoms with Crippen molar-refractivity contribution >= 4 is 11.6 Å². The van der Waals surface area contributed by atoms with E-state index in [4.69, 9.17) is 9.47 Å². The smallest absolute Gasteiger partial charge is 0.238 e. The lowest BCUT2D eigenvalue weighted by Gasteiger charge is -2.11. The van der Waals surface area contributed by atoms with Gasteiger partial charge in [0.25, 0.3) is 0 Å². The van der Waals surface area contributed by atoms with Crippen LogP contribution in [0.5, 0.6) is 11.5 Å². The van der Waals surface area contributed by atoms with Gasteiger partial charge in [-0.05, 0) is 49.6 Å². The van der Waals surface area contributed by atoms with Crippen LogP contribution in [0.25, 0.3) is 0 Å². The second-order valence-corrected chi connectivity index (χ2v) is 7.19. The lowest BCUT2D eigenvalue weighted by Crippen LogP contribution is -2.27. The van der Waals surface area contributed by atoms with Crippen molar-refractivity contribution in [2.24, 2.45) is 5.92 Å². The minimum absolute atomic E-state index is 0.0872. The zero-order chi connectivity index (χ0) is 19.6. The van der Waals surface area contributed by atoms with Crippen LogP contribution in [0.15, 0.2) is 48.5 Å². The predicted octanol–water partition coefficient (Wildman–Crippen LogP) is 4.24. The summed E-state index contributed by atoms with van der Waals surface area (Å²) in [7, 11) is 0. The quantitative estimate of drug-likeness (QED) is 0.657. The molecule has 146 valence electrons. The van der Waals surface area contributed by atoms with Crippen molar-refractivity contribution in [3.8, 4) is 11.5 Å². The Kier molecular flexibility index (Phi) is 8.14. The van der Waals surface area contributed by atoms with Crippen LogP contribution < -0.4 is 20.1 Å². The number of anilines is 1. The Morgan fingerprint density at radius 1 is 1.00 bits per heavy atom. The van der Waals surface area contributed by atoms with Crippen molar-refractivity contribution in [3.63, 3.8) is 0 Å². The molecule has 0 aliphatic rings. The molecule has 5 heteroatoms. The Bertz CT molecular complexity index is 712. The van der Waals surface area contributed by atoms with E-state index in [1.54, 1.807) is 0 Å². The molecule has 0 unspecified atom stereocenters. The van der Waals surface area contributed by atoms with Crippen LogP contribution in [0.3, 0.4) is 0 Å². The number of rotatable bonds is 10. The highest BCUT2D eigenvalue weighted by Gasteiger charge is 2.05. The summed E-state index contributed by atoms with van der Waals surface area (Å²) in [6, 6.07) is 15.3. The molecule has 5 nitrogen and oxygen atoms in total. The number of carbonyl (C=O) groups excluding carboxylic acids is 1. The van der Waals surface area contributed by atoms with E-state index in [1.165, 1.54) is 0 Å². The molecule has 1 amide bonds. The van der Waals surface area contributed by atoms with Gasteiger partial charge < -0.3 is 20.1 Å². The number of carbonyl (C=O) groups is 1. The number of amides is 1. The van der Waals surface area contributed by atoms with Gasteiger partial charge in [0.15, 0.2) is 0 Å². The maximum Gasteiger partial charge on any atom is 0.238 e. The first-order chi connectivity index (χ1) is 12.9. The van der Waals surface area contributed by atoms with Gasteiger partial charge in [-0.15, -0.1) is 0 Å². The van der Waals surface area contributed by atoms with Crippen molar-refractivity contribution in [2.75, 3.05) is 18.5 Å². The van der Waals surface area contributed by atoms with E-state index in [-0.39, 0.29) is 18.6 Å². The maximum absolute atomic E-state index is 12.1. The topological polar surface area (TPSA) is 59.6 Å². The van der Waals surface area contributed by atoms with Gasteiger partial charge >= 0.3 is 0 Å². The third kappa shape index (κ3) is 8.13. The molecule has 0 fully saturated rings. The fourth-order valence-electron chi connectivity index (χ4n) is 2.41. The fraction of sp³-hybridized carbons (Fsp3) is 0.409. The van der Waals surface area contributed by atoms with E-state index in [2.05, 4.69) is 24.5 Å². The largest absolute Gasteiger partial charge is 0.493 e. The lowest BCUT2D eigenvalue weighted by atomic mass is 10.2. The highest BCUT2D eigenvalue weighted by atomic mass is 16.5. The lowest BCUT2D eigenvalue weighted by molar-refractivity contribution is -0.115. The van der Waals surface area contributed by atoms with E-state index >= 15 is 0 Å². The first-order valence-corrected chi connectivity index (χ1v) is 9.41. The van der Waals surface area contributed by atoms with Crippen molar-refractivity contribution in [1.82, 2.24) is 5.32 Å². The molecule has 0 atom stereocenters. The molecule has 0 saturated heterocycles. The zero-order valence-corrected chi connectivity index (χ0v) is 16.6. The highest BCUT2D eigenvalue weighted by Crippen LogP contribution is 2.18. The van der Waals surface area contributed by atoms with Crippen LogP contribution in [0.4, 0.5) is 5.69 Å². The molecule has 0 aliphatic carbocycles. The Balaban J connectivity index is 1.75. The minimum Gasteiger partial charge on any atom is -0.493 e. The van der Waals surface area contributed by atoms with Gasteiger partial charge in [0, 0.05) is 18.3 Å². The molecule has 0 saturated carbocycles. The standard InChI is InChI=1S/C22H30N2O3/c1-16(2)15-26-21-7-5-6-19(12-21)24-22(25)14-23-13-18-8-10-20(11-9-18)27-17(3)4/h5-12,16-17,23H,13-15H2,1-4H3,(H,24,25). The summed E-state index contributed by atoms with van der Waals surface area (Å²) in [5.41, 5.74) is 1.83. The average molecular weight is 370 g/mol. The van der Waals surface area contributed by atoms with E-state index in [9.17, 15) is 4.79 Å². The number of benzene rings is 2. The summed E-state index contributed by atoms with van der Waals surface area (Å²) in [4.78, 5) is 12.1. The van der Waals surface area contributed by atoms with Crippen LogP contribution in [-0.4, -0.2) is 25.2 Å². The van der Waals surface area contributed by atoms with Crippen LogP contribution in [0.1, 0.15) is 33.3 Å². The Morgan fingerprint density at radius 3 is 2.41 bits per heavy atom. The monoisotopic (exact) mass is 370 g/mol. The van der Waals surface area contributed by atoms with Crippen LogP contribution in [0, 0.1) is 5.92 Å². The first-order valence-electron chi connectivity index (χ1n) is 9.41. The first kappa shape index (κ1) is 20.8. The van der Waals surface area contributed by atoms with Crippen LogP contribution in [-0.2, 0) is 11.3 Å². The molecule has 2 aromatic rings. The van der Waals surface area contributed by atoms with Crippen LogP contribution >= 0.6 is 0 Å². The highest BCUT2D eigenvalue weighted by molar-refractivity contribution is 5.92. The van der Waals surface area contributed by atoms with E-state index < -0.39 is 0 Å². The summed E-state index contributed by atoms with van der Waals surface area (Å²) < 4.78 is 11.3. The molecule has 0 radical (unpaired) electrons. The maximum atomic E-state index is 12.1. The van der Waals surface area contributed by atoms with E-state index in [0.29, 0.717) is 19.1 Å². The predicted molar refractivity (Wildman–Crippen MR) is 109 cm³/mol. The van der Waals surface area contributed by atoms with Crippen molar-refractivity contribution in [1.29, 1.82) is 0 Å². The van der Waals surface area contributed by atoms with Crippen LogP contribution in [0.2, 0.25) is 0 Å². The molecule has 0 heterocycles.